The average Bonchev–Trinajstić information content (AvgIpc) is 2.20. The molecule has 0 aliphatic carbocycles. The molecule has 0 heterocycles. The third-order valence-electron chi connectivity index (χ3n) is 1.86. The molecule has 0 fully saturated rings. The van der Waals surface area contributed by atoms with E-state index in [0.29, 0.717) is 12.0 Å². The standard InChI is InChI=1S/C10H11FN2O2/c11-8-4-2-1-3-7(8)5-6-13-10(15)9(12)14/h1-4H,5-6H2,(H2,12,14)(H,13,15). The predicted octanol–water partition coefficient (Wildman–Crippen LogP) is -0.0303. The van der Waals surface area contributed by atoms with Gasteiger partial charge in [-0.25, -0.2) is 4.39 Å². The van der Waals surface area contributed by atoms with Crippen molar-refractivity contribution in [3.05, 3.63) is 35.6 Å². The molecule has 0 aromatic heterocycles. The minimum absolute atomic E-state index is 0.183. The van der Waals surface area contributed by atoms with Crippen molar-refractivity contribution in [3.8, 4) is 0 Å². The van der Waals surface area contributed by atoms with Crippen molar-refractivity contribution in [2.24, 2.45) is 5.73 Å². The lowest BCUT2D eigenvalue weighted by molar-refractivity contribution is -0.137. The van der Waals surface area contributed by atoms with Crippen molar-refractivity contribution in [1.29, 1.82) is 0 Å². The van der Waals surface area contributed by atoms with Crippen molar-refractivity contribution < 1.29 is 14.0 Å². The fourth-order valence-electron chi connectivity index (χ4n) is 1.10. The van der Waals surface area contributed by atoms with E-state index < -0.39 is 11.8 Å². The van der Waals surface area contributed by atoms with Gasteiger partial charge in [0.15, 0.2) is 0 Å². The van der Waals surface area contributed by atoms with E-state index >= 15 is 0 Å². The van der Waals surface area contributed by atoms with Gasteiger partial charge in [0.25, 0.3) is 0 Å². The normalized spacial score (nSPS) is 9.67. The second-order valence-corrected chi connectivity index (χ2v) is 2.96. The van der Waals surface area contributed by atoms with Gasteiger partial charge in [0.1, 0.15) is 5.82 Å². The summed E-state index contributed by atoms with van der Waals surface area (Å²) in [4.78, 5) is 21.1. The Bertz CT molecular complexity index is 379. The SMILES string of the molecule is NC(=O)C(=O)NCCc1ccccc1F. The smallest absolute Gasteiger partial charge is 0.309 e. The monoisotopic (exact) mass is 210 g/mol. The van der Waals surface area contributed by atoms with Crippen LogP contribution in [0, 0.1) is 5.82 Å². The summed E-state index contributed by atoms with van der Waals surface area (Å²) in [5, 5.41) is 2.28. The zero-order chi connectivity index (χ0) is 11.3. The maximum atomic E-state index is 13.1. The highest BCUT2D eigenvalue weighted by molar-refractivity contribution is 6.34. The number of nitrogens with two attached hydrogens (primary N) is 1. The van der Waals surface area contributed by atoms with Crippen LogP contribution in [0.15, 0.2) is 24.3 Å². The van der Waals surface area contributed by atoms with Gasteiger partial charge in [-0.3, -0.25) is 9.59 Å². The molecule has 4 nitrogen and oxygen atoms in total. The maximum Gasteiger partial charge on any atom is 0.309 e. The van der Waals surface area contributed by atoms with E-state index in [1.807, 2.05) is 0 Å². The minimum atomic E-state index is -1.04. The highest BCUT2D eigenvalue weighted by Gasteiger charge is 2.07. The summed E-state index contributed by atoms with van der Waals surface area (Å²) in [6.45, 7) is 0.183. The Morgan fingerprint density at radius 1 is 1.33 bits per heavy atom. The molecule has 80 valence electrons. The summed E-state index contributed by atoms with van der Waals surface area (Å²) in [6, 6.07) is 6.24. The molecule has 5 heteroatoms. The fourth-order valence-corrected chi connectivity index (χ4v) is 1.10. The molecule has 0 unspecified atom stereocenters. The number of amides is 2. The zero-order valence-electron chi connectivity index (χ0n) is 8.00. The number of primary amides is 1. The van der Waals surface area contributed by atoms with E-state index in [0.717, 1.165) is 0 Å². The van der Waals surface area contributed by atoms with Crippen LogP contribution in [-0.2, 0) is 16.0 Å². The van der Waals surface area contributed by atoms with Gasteiger partial charge in [-0.1, -0.05) is 18.2 Å². The molecule has 3 N–H and O–H groups in total. The zero-order valence-corrected chi connectivity index (χ0v) is 8.00. The molecule has 1 rings (SSSR count). The van der Waals surface area contributed by atoms with Crippen molar-refractivity contribution in [2.75, 3.05) is 6.54 Å². The first-order valence-electron chi connectivity index (χ1n) is 4.42. The van der Waals surface area contributed by atoms with Crippen molar-refractivity contribution in [3.63, 3.8) is 0 Å². The molecule has 0 aliphatic heterocycles. The molecular weight excluding hydrogens is 199 g/mol. The summed E-state index contributed by atoms with van der Waals surface area (Å²) < 4.78 is 13.1. The predicted molar refractivity (Wildman–Crippen MR) is 52.3 cm³/mol. The van der Waals surface area contributed by atoms with Gasteiger partial charge >= 0.3 is 11.8 Å². The van der Waals surface area contributed by atoms with Crippen LogP contribution in [0.2, 0.25) is 0 Å². The van der Waals surface area contributed by atoms with E-state index in [4.69, 9.17) is 5.73 Å². The maximum absolute atomic E-state index is 13.1. The van der Waals surface area contributed by atoms with Crippen molar-refractivity contribution >= 4 is 11.8 Å². The third-order valence-corrected chi connectivity index (χ3v) is 1.86. The van der Waals surface area contributed by atoms with Gasteiger partial charge in [0, 0.05) is 6.54 Å². The first-order chi connectivity index (χ1) is 7.11. The Morgan fingerprint density at radius 3 is 2.60 bits per heavy atom. The van der Waals surface area contributed by atoms with Crippen LogP contribution in [0.4, 0.5) is 4.39 Å². The number of rotatable bonds is 3. The highest BCUT2D eigenvalue weighted by atomic mass is 19.1. The first kappa shape index (κ1) is 11.2. The molecule has 0 spiro atoms. The summed E-state index contributed by atoms with van der Waals surface area (Å²) in [6.07, 6.45) is 0.325. The molecule has 0 saturated heterocycles. The largest absolute Gasteiger partial charge is 0.361 e. The summed E-state index contributed by atoms with van der Waals surface area (Å²) in [5.41, 5.74) is 5.21. The quantitative estimate of drug-likeness (QED) is 0.687. The van der Waals surface area contributed by atoms with Crippen LogP contribution in [0.1, 0.15) is 5.56 Å². The molecule has 0 bridgehead atoms. The summed E-state index contributed by atoms with van der Waals surface area (Å²) in [5.74, 6) is -2.22. The Labute approximate surface area is 86.3 Å². The summed E-state index contributed by atoms with van der Waals surface area (Å²) >= 11 is 0. The van der Waals surface area contributed by atoms with E-state index in [1.54, 1.807) is 18.2 Å². The average molecular weight is 210 g/mol. The molecular formula is C10H11FN2O2. The molecule has 0 saturated carbocycles. The second kappa shape index (κ2) is 5.09. The lowest BCUT2D eigenvalue weighted by Gasteiger charge is -2.03. The van der Waals surface area contributed by atoms with Gasteiger partial charge in [-0.2, -0.15) is 0 Å². The summed E-state index contributed by atoms with van der Waals surface area (Å²) in [7, 11) is 0. The van der Waals surface area contributed by atoms with Crippen LogP contribution in [-0.4, -0.2) is 18.4 Å². The number of benzene rings is 1. The van der Waals surface area contributed by atoms with E-state index in [9.17, 15) is 14.0 Å². The molecule has 0 radical (unpaired) electrons. The minimum Gasteiger partial charge on any atom is -0.361 e. The van der Waals surface area contributed by atoms with E-state index in [-0.39, 0.29) is 12.4 Å². The van der Waals surface area contributed by atoms with Crippen LogP contribution in [0.5, 0.6) is 0 Å². The Hall–Kier alpha value is -1.91. The van der Waals surface area contributed by atoms with Gasteiger partial charge in [0.2, 0.25) is 0 Å². The first-order valence-corrected chi connectivity index (χ1v) is 4.42. The van der Waals surface area contributed by atoms with Crippen LogP contribution < -0.4 is 11.1 Å². The van der Waals surface area contributed by atoms with Crippen molar-refractivity contribution in [1.82, 2.24) is 5.32 Å². The molecule has 15 heavy (non-hydrogen) atoms. The van der Waals surface area contributed by atoms with Crippen LogP contribution >= 0.6 is 0 Å². The number of carbonyl (C=O) groups is 2. The molecule has 0 aliphatic rings. The van der Waals surface area contributed by atoms with Crippen LogP contribution in [0.3, 0.4) is 0 Å². The number of hydrogen-bond donors (Lipinski definition) is 2. The second-order valence-electron chi connectivity index (χ2n) is 2.96. The Balaban J connectivity index is 2.42. The lowest BCUT2D eigenvalue weighted by atomic mass is 10.1. The highest BCUT2D eigenvalue weighted by Crippen LogP contribution is 2.05. The fraction of sp³-hybridized carbons (Fsp3) is 0.200. The van der Waals surface area contributed by atoms with Gasteiger partial charge in [-0.05, 0) is 18.1 Å². The molecule has 1 aromatic rings. The topological polar surface area (TPSA) is 72.2 Å². The van der Waals surface area contributed by atoms with Gasteiger partial charge < -0.3 is 11.1 Å². The Kier molecular flexibility index (Phi) is 3.79. The van der Waals surface area contributed by atoms with E-state index in [2.05, 4.69) is 5.32 Å². The number of halogens is 1. The van der Waals surface area contributed by atoms with Gasteiger partial charge in [0.05, 0.1) is 0 Å². The Morgan fingerprint density at radius 2 is 2.00 bits per heavy atom. The molecule has 1 aromatic carbocycles. The molecule has 2 amide bonds. The van der Waals surface area contributed by atoms with Crippen LogP contribution in [0.25, 0.3) is 0 Å². The number of nitrogens with one attached hydrogen (secondary N) is 1. The van der Waals surface area contributed by atoms with Gasteiger partial charge in [-0.15, -0.1) is 0 Å². The lowest BCUT2D eigenvalue weighted by Crippen LogP contribution is -2.37. The van der Waals surface area contributed by atoms with Crippen molar-refractivity contribution in [2.45, 2.75) is 6.42 Å². The van der Waals surface area contributed by atoms with E-state index in [1.165, 1.54) is 6.07 Å². The number of carbonyl (C=O) groups excluding carboxylic acids is 2. The molecule has 0 atom stereocenters. The number of hydrogen-bond acceptors (Lipinski definition) is 2. The third kappa shape index (κ3) is 3.38.